The van der Waals surface area contributed by atoms with Crippen molar-refractivity contribution in [3.05, 3.63) is 51.4 Å². The standard InChI is InChI=1S/C23H26N2O3S/c1-14-9-10-17(11-15(14)2)19-12-29-21-20(19)22(26)25(13-24-21)16(3)23(27)28-18-7-5-4-6-8-18/h9-13,16,18H,4-8H2,1-3H3/t16-/m1/s1. The molecule has 0 bridgehead atoms. The Balaban J connectivity index is 1.69. The van der Waals surface area contributed by atoms with Crippen molar-refractivity contribution in [2.75, 3.05) is 0 Å². The predicted molar refractivity (Wildman–Crippen MR) is 116 cm³/mol. The molecule has 5 nitrogen and oxygen atoms in total. The van der Waals surface area contributed by atoms with Gasteiger partial charge in [-0.15, -0.1) is 11.3 Å². The van der Waals surface area contributed by atoms with Gasteiger partial charge in [-0.05, 0) is 63.1 Å². The van der Waals surface area contributed by atoms with Gasteiger partial charge in [0.05, 0.1) is 11.7 Å². The number of aromatic nitrogens is 2. The summed E-state index contributed by atoms with van der Waals surface area (Å²) in [6, 6.07) is 5.48. The maximum Gasteiger partial charge on any atom is 0.329 e. The highest BCUT2D eigenvalue weighted by Crippen LogP contribution is 2.32. The molecular formula is C23H26N2O3S. The van der Waals surface area contributed by atoms with Crippen molar-refractivity contribution in [2.24, 2.45) is 0 Å². The van der Waals surface area contributed by atoms with E-state index in [1.807, 2.05) is 11.4 Å². The van der Waals surface area contributed by atoms with Crippen LogP contribution in [-0.2, 0) is 9.53 Å². The summed E-state index contributed by atoms with van der Waals surface area (Å²) >= 11 is 1.45. The molecule has 4 rings (SSSR count). The van der Waals surface area contributed by atoms with E-state index < -0.39 is 6.04 Å². The molecule has 0 N–H and O–H groups in total. The monoisotopic (exact) mass is 410 g/mol. The zero-order chi connectivity index (χ0) is 20.5. The minimum absolute atomic E-state index is 0.0293. The second kappa shape index (κ2) is 8.11. The van der Waals surface area contributed by atoms with E-state index in [-0.39, 0.29) is 17.6 Å². The molecule has 3 aromatic rings. The molecule has 0 amide bonds. The fraction of sp³-hybridized carbons (Fsp3) is 0.435. The fourth-order valence-electron chi connectivity index (χ4n) is 3.90. The van der Waals surface area contributed by atoms with Gasteiger partial charge in [-0.25, -0.2) is 9.78 Å². The van der Waals surface area contributed by atoms with Crippen molar-refractivity contribution in [1.29, 1.82) is 0 Å². The number of thiophene rings is 1. The molecule has 1 aliphatic carbocycles. The van der Waals surface area contributed by atoms with Gasteiger partial charge in [-0.1, -0.05) is 24.6 Å². The Kier molecular flexibility index (Phi) is 5.54. The van der Waals surface area contributed by atoms with Gasteiger partial charge in [0, 0.05) is 10.9 Å². The lowest BCUT2D eigenvalue weighted by Crippen LogP contribution is -2.32. The smallest absolute Gasteiger partial charge is 0.329 e. The molecule has 1 aromatic carbocycles. The van der Waals surface area contributed by atoms with Gasteiger partial charge < -0.3 is 4.74 Å². The van der Waals surface area contributed by atoms with Crippen LogP contribution >= 0.6 is 11.3 Å². The fourth-order valence-corrected chi connectivity index (χ4v) is 4.81. The van der Waals surface area contributed by atoms with E-state index in [4.69, 9.17) is 4.74 Å². The van der Waals surface area contributed by atoms with Gasteiger partial charge in [0.2, 0.25) is 0 Å². The lowest BCUT2D eigenvalue weighted by molar-refractivity contribution is -0.154. The molecule has 1 aliphatic rings. The number of ether oxygens (including phenoxy) is 1. The van der Waals surface area contributed by atoms with Crippen LogP contribution in [0.5, 0.6) is 0 Å². The number of esters is 1. The molecule has 6 heteroatoms. The van der Waals surface area contributed by atoms with Crippen molar-refractivity contribution in [3.8, 4) is 11.1 Å². The molecule has 1 saturated carbocycles. The summed E-state index contributed by atoms with van der Waals surface area (Å²) < 4.78 is 7.08. The van der Waals surface area contributed by atoms with Crippen LogP contribution in [0.3, 0.4) is 0 Å². The first-order valence-electron chi connectivity index (χ1n) is 10.2. The van der Waals surface area contributed by atoms with Crippen molar-refractivity contribution < 1.29 is 9.53 Å². The van der Waals surface area contributed by atoms with Crippen LogP contribution in [0.15, 0.2) is 34.7 Å². The van der Waals surface area contributed by atoms with Crippen LogP contribution in [0.2, 0.25) is 0 Å². The summed E-state index contributed by atoms with van der Waals surface area (Å²) in [7, 11) is 0. The summed E-state index contributed by atoms with van der Waals surface area (Å²) in [4.78, 5) is 31.1. The van der Waals surface area contributed by atoms with Crippen LogP contribution < -0.4 is 5.56 Å². The maximum atomic E-state index is 13.3. The number of rotatable bonds is 4. The van der Waals surface area contributed by atoms with E-state index in [0.29, 0.717) is 10.2 Å². The number of hydrogen-bond acceptors (Lipinski definition) is 5. The Morgan fingerprint density at radius 2 is 1.97 bits per heavy atom. The first kappa shape index (κ1) is 19.8. The molecule has 152 valence electrons. The minimum atomic E-state index is -0.700. The molecule has 0 saturated heterocycles. The van der Waals surface area contributed by atoms with Crippen LogP contribution in [0.1, 0.15) is 56.2 Å². The van der Waals surface area contributed by atoms with Gasteiger partial charge >= 0.3 is 5.97 Å². The van der Waals surface area contributed by atoms with E-state index in [2.05, 4.69) is 31.0 Å². The maximum absolute atomic E-state index is 13.3. The van der Waals surface area contributed by atoms with Crippen molar-refractivity contribution >= 4 is 27.5 Å². The predicted octanol–water partition coefficient (Wildman–Crippen LogP) is 5.18. The Morgan fingerprint density at radius 3 is 2.69 bits per heavy atom. The lowest BCUT2D eigenvalue weighted by Gasteiger charge is -2.24. The molecule has 0 aliphatic heterocycles. The molecular weight excluding hydrogens is 384 g/mol. The Hall–Kier alpha value is -2.47. The number of fused-ring (bicyclic) bond motifs is 1. The van der Waals surface area contributed by atoms with E-state index in [1.165, 1.54) is 39.8 Å². The summed E-state index contributed by atoms with van der Waals surface area (Å²) in [5.74, 6) is -0.358. The van der Waals surface area contributed by atoms with E-state index in [1.54, 1.807) is 6.92 Å². The normalized spacial score (nSPS) is 16.1. The Bertz CT molecular complexity index is 1110. The van der Waals surface area contributed by atoms with Gasteiger partial charge in [0.1, 0.15) is 17.0 Å². The number of nitrogens with zero attached hydrogens (tertiary/aromatic N) is 2. The molecule has 1 fully saturated rings. The van der Waals surface area contributed by atoms with Crippen LogP contribution in [-0.4, -0.2) is 21.6 Å². The van der Waals surface area contributed by atoms with Crippen molar-refractivity contribution in [3.63, 3.8) is 0 Å². The minimum Gasteiger partial charge on any atom is -0.461 e. The van der Waals surface area contributed by atoms with Gasteiger partial charge in [0.15, 0.2) is 0 Å². The zero-order valence-electron chi connectivity index (χ0n) is 17.1. The van der Waals surface area contributed by atoms with E-state index in [0.717, 1.165) is 36.8 Å². The van der Waals surface area contributed by atoms with Gasteiger partial charge in [0.25, 0.3) is 5.56 Å². The topological polar surface area (TPSA) is 61.2 Å². The molecule has 2 aromatic heterocycles. The number of aryl methyl sites for hydroxylation is 2. The second-order valence-corrected chi connectivity index (χ2v) is 8.82. The number of carbonyl (C=O) groups is 1. The summed E-state index contributed by atoms with van der Waals surface area (Å²) in [5.41, 5.74) is 4.05. The number of hydrogen-bond donors (Lipinski definition) is 0. The summed E-state index contributed by atoms with van der Waals surface area (Å²) in [5, 5.41) is 2.54. The molecule has 0 spiro atoms. The van der Waals surface area contributed by atoms with Crippen LogP contribution in [0.4, 0.5) is 0 Å². The first-order chi connectivity index (χ1) is 14.0. The third-order valence-electron chi connectivity index (χ3n) is 5.93. The van der Waals surface area contributed by atoms with E-state index in [9.17, 15) is 9.59 Å². The third-order valence-corrected chi connectivity index (χ3v) is 6.82. The van der Waals surface area contributed by atoms with Gasteiger partial charge in [-0.3, -0.25) is 9.36 Å². The number of carbonyl (C=O) groups excluding carboxylic acids is 1. The van der Waals surface area contributed by atoms with Crippen LogP contribution in [0.25, 0.3) is 21.3 Å². The SMILES string of the molecule is Cc1ccc(-c2csc3ncn([C@H](C)C(=O)OC4CCCCC4)c(=O)c23)cc1C. The zero-order valence-corrected chi connectivity index (χ0v) is 17.9. The molecule has 0 radical (unpaired) electrons. The summed E-state index contributed by atoms with van der Waals surface area (Å²) in [6.45, 7) is 5.84. The highest BCUT2D eigenvalue weighted by atomic mass is 32.1. The largest absolute Gasteiger partial charge is 0.461 e. The first-order valence-corrected chi connectivity index (χ1v) is 11.1. The highest BCUT2D eigenvalue weighted by Gasteiger charge is 2.25. The highest BCUT2D eigenvalue weighted by molar-refractivity contribution is 7.17. The Morgan fingerprint density at radius 1 is 1.21 bits per heavy atom. The molecule has 0 unspecified atom stereocenters. The van der Waals surface area contributed by atoms with Gasteiger partial charge in [-0.2, -0.15) is 0 Å². The average molecular weight is 411 g/mol. The summed E-state index contributed by atoms with van der Waals surface area (Å²) in [6.07, 6.45) is 6.64. The molecule has 29 heavy (non-hydrogen) atoms. The molecule has 2 heterocycles. The van der Waals surface area contributed by atoms with Crippen LogP contribution in [0, 0.1) is 13.8 Å². The Labute approximate surface area is 174 Å². The number of benzene rings is 1. The lowest BCUT2D eigenvalue weighted by atomic mass is 9.98. The quantitative estimate of drug-likeness (QED) is 0.556. The molecule has 1 atom stereocenters. The van der Waals surface area contributed by atoms with Crippen molar-refractivity contribution in [2.45, 2.75) is 65.0 Å². The second-order valence-electron chi connectivity index (χ2n) is 7.96. The van der Waals surface area contributed by atoms with E-state index >= 15 is 0 Å². The average Bonchev–Trinajstić information content (AvgIpc) is 3.16. The third kappa shape index (κ3) is 3.86. The van der Waals surface area contributed by atoms with Crippen molar-refractivity contribution in [1.82, 2.24) is 9.55 Å².